The molecule has 3 heterocycles. The number of aromatic nitrogens is 2. The minimum Gasteiger partial charge on any atom is -0.356 e. The van der Waals surface area contributed by atoms with Gasteiger partial charge in [0, 0.05) is 41.1 Å². The van der Waals surface area contributed by atoms with E-state index in [2.05, 4.69) is 26.3 Å². The molecular weight excluding hydrogens is 400 g/mol. The van der Waals surface area contributed by atoms with Crippen molar-refractivity contribution in [3.05, 3.63) is 81.6 Å². The zero-order valence-electron chi connectivity index (χ0n) is 18.5. The Bertz CT molecular complexity index is 1420. The van der Waals surface area contributed by atoms with E-state index in [1.54, 1.807) is 18.3 Å². The average Bonchev–Trinajstić information content (AvgIpc) is 2.73. The molecule has 6 nitrogen and oxygen atoms in total. The zero-order chi connectivity index (χ0) is 22.5. The average molecular weight is 427 g/mol. The molecule has 5 rings (SSSR count). The van der Waals surface area contributed by atoms with Crippen LogP contribution in [0.1, 0.15) is 41.8 Å². The molecule has 4 aromatic rings. The molecule has 2 aromatic carbocycles. The molecule has 6 heteroatoms. The number of aromatic amines is 1. The number of aryl methyl sites for hydroxylation is 1. The number of rotatable bonds is 4. The lowest BCUT2D eigenvalue weighted by Gasteiger charge is -2.34. The van der Waals surface area contributed by atoms with Crippen molar-refractivity contribution in [1.82, 2.24) is 15.3 Å². The van der Waals surface area contributed by atoms with E-state index in [0.29, 0.717) is 21.9 Å². The maximum Gasteiger partial charge on any atom is 0.252 e. The van der Waals surface area contributed by atoms with Crippen LogP contribution < -0.4 is 15.6 Å². The number of nitrogens with zero attached hydrogens (tertiary/aromatic N) is 2. The highest BCUT2D eigenvalue weighted by Crippen LogP contribution is 2.27. The summed E-state index contributed by atoms with van der Waals surface area (Å²) in [4.78, 5) is 36.2. The highest BCUT2D eigenvalue weighted by molar-refractivity contribution is 6.01. The van der Waals surface area contributed by atoms with Gasteiger partial charge in [0.2, 0.25) is 0 Å². The molecule has 1 saturated heterocycles. The fourth-order valence-electron chi connectivity index (χ4n) is 4.27. The van der Waals surface area contributed by atoms with Crippen molar-refractivity contribution in [1.29, 1.82) is 0 Å². The maximum absolute atomic E-state index is 13.3. The van der Waals surface area contributed by atoms with Crippen molar-refractivity contribution in [2.24, 2.45) is 0 Å². The summed E-state index contributed by atoms with van der Waals surface area (Å²) in [6.45, 7) is 7.89. The summed E-state index contributed by atoms with van der Waals surface area (Å²) in [6.07, 6.45) is 2.98. The SMILES string of the molecule is Cc1cc2c(=O)c3ccccc3[nH]c2cc1C(=O)NC(C)(C)c1ccnc(N2CCC2)c1. The Balaban J connectivity index is 1.49. The first-order valence-electron chi connectivity index (χ1n) is 10.9. The molecule has 0 unspecified atom stereocenters. The molecule has 0 saturated carbocycles. The van der Waals surface area contributed by atoms with Crippen LogP contribution in [-0.2, 0) is 5.54 Å². The fourth-order valence-corrected chi connectivity index (χ4v) is 4.27. The summed E-state index contributed by atoms with van der Waals surface area (Å²) in [5.74, 6) is 0.771. The molecule has 0 radical (unpaired) electrons. The minimum atomic E-state index is -0.585. The number of hydrogen-bond acceptors (Lipinski definition) is 4. The van der Waals surface area contributed by atoms with Gasteiger partial charge in [-0.05, 0) is 74.7 Å². The largest absolute Gasteiger partial charge is 0.356 e. The van der Waals surface area contributed by atoms with Gasteiger partial charge in [-0.3, -0.25) is 9.59 Å². The third-order valence-corrected chi connectivity index (χ3v) is 6.37. The monoisotopic (exact) mass is 426 g/mol. The van der Waals surface area contributed by atoms with Crippen LogP contribution in [0.25, 0.3) is 21.8 Å². The second-order valence-electron chi connectivity index (χ2n) is 9.03. The maximum atomic E-state index is 13.3. The first kappa shape index (κ1) is 20.2. The lowest BCUT2D eigenvalue weighted by atomic mass is 9.93. The van der Waals surface area contributed by atoms with Gasteiger partial charge in [0.1, 0.15) is 5.82 Å². The number of hydrogen-bond donors (Lipinski definition) is 2. The van der Waals surface area contributed by atoms with Crippen LogP contribution >= 0.6 is 0 Å². The van der Waals surface area contributed by atoms with Crippen LogP contribution in [-0.4, -0.2) is 29.0 Å². The standard InChI is InChI=1S/C26H26N4O2/c1-16-13-20-22(28-21-8-5-4-7-18(21)24(20)31)15-19(16)25(32)29-26(2,3)17-9-10-27-23(14-17)30-11-6-12-30/h4-5,7-10,13-15H,6,11-12H2,1-3H3,(H,28,31)(H,29,32). The van der Waals surface area contributed by atoms with Gasteiger partial charge in [0.05, 0.1) is 11.1 Å². The number of nitrogens with one attached hydrogen (secondary N) is 2. The van der Waals surface area contributed by atoms with Gasteiger partial charge in [-0.15, -0.1) is 0 Å². The summed E-state index contributed by atoms with van der Waals surface area (Å²) in [5, 5.41) is 4.41. The predicted octanol–water partition coefficient (Wildman–Crippen LogP) is 4.26. The molecule has 0 aliphatic carbocycles. The molecule has 1 aliphatic heterocycles. The van der Waals surface area contributed by atoms with Crippen molar-refractivity contribution < 1.29 is 4.79 Å². The lowest BCUT2D eigenvalue weighted by Crippen LogP contribution is -2.42. The second kappa shape index (κ2) is 7.48. The Hall–Kier alpha value is -3.67. The van der Waals surface area contributed by atoms with Crippen molar-refractivity contribution in [2.75, 3.05) is 18.0 Å². The van der Waals surface area contributed by atoms with E-state index in [1.165, 1.54) is 6.42 Å². The molecule has 0 atom stereocenters. The predicted molar refractivity (Wildman–Crippen MR) is 128 cm³/mol. The van der Waals surface area contributed by atoms with Crippen LogP contribution in [0.3, 0.4) is 0 Å². The van der Waals surface area contributed by atoms with Gasteiger partial charge in [-0.2, -0.15) is 0 Å². The molecule has 0 spiro atoms. The number of fused-ring (bicyclic) bond motifs is 2. The van der Waals surface area contributed by atoms with E-state index in [9.17, 15) is 9.59 Å². The highest BCUT2D eigenvalue weighted by Gasteiger charge is 2.26. The molecular formula is C26H26N4O2. The van der Waals surface area contributed by atoms with E-state index < -0.39 is 5.54 Å². The van der Waals surface area contributed by atoms with Crippen LogP contribution in [0.4, 0.5) is 5.82 Å². The molecule has 2 N–H and O–H groups in total. The third-order valence-electron chi connectivity index (χ3n) is 6.37. The Kier molecular flexibility index (Phi) is 4.73. The fraction of sp³-hybridized carbons (Fsp3) is 0.269. The van der Waals surface area contributed by atoms with Gasteiger partial charge < -0.3 is 15.2 Å². The van der Waals surface area contributed by atoms with Crippen molar-refractivity contribution in [2.45, 2.75) is 32.7 Å². The normalized spacial score (nSPS) is 13.9. The number of amides is 1. The Morgan fingerprint density at radius 3 is 2.59 bits per heavy atom. The van der Waals surface area contributed by atoms with Crippen molar-refractivity contribution >= 4 is 33.5 Å². The van der Waals surface area contributed by atoms with E-state index in [-0.39, 0.29) is 11.3 Å². The molecule has 32 heavy (non-hydrogen) atoms. The molecule has 162 valence electrons. The highest BCUT2D eigenvalue weighted by atomic mass is 16.1. The molecule has 0 bridgehead atoms. The lowest BCUT2D eigenvalue weighted by molar-refractivity contribution is 0.0911. The van der Waals surface area contributed by atoms with Crippen molar-refractivity contribution in [3.63, 3.8) is 0 Å². The van der Waals surface area contributed by atoms with Crippen LogP contribution in [0.5, 0.6) is 0 Å². The molecule has 1 aliphatic rings. The van der Waals surface area contributed by atoms with Crippen molar-refractivity contribution in [3.8, 4) is 0 Å². The Labute approximate surface area is 186 Å². The third kappa shape index (κ3) is 3.42. The number of carbonyl (C=O) groups excluding carboxylic acids is 1. The number of benzene rings is 2. The van der Waals surface area contributed by atoms with E-state index in [1.807, 2.05) is 51.1 Å². The van der Waals surface area contributed by atoms with Crippen LogP contribution in [0.2, 0.25) is 0 Å². The quantitative estimate of drug-likeness (QED) is 0.478. The summed E-state index contributed by atoms with van der Waals surface area (Å²) < 4.78 is 0. The number of H-pyrrole nitrogens is 1. The van der Waals surface area contributed by atoms with E-state index in [0.717, 1.165) is 35.6 Å². The number of para-hydroxylation sites is 1. The van der Waals surface area contributed by atoms with Crippen LogP contribution in [0.15, 0.2) is 59.5 Å². The molecule has 2 aromatic heterocycles. The summed E-state index contributed by atoms with van der Waals surface area (Å²) in [7, 11) is 0. The summed E-state index contributed by atoms with van der Waals surface area (Å²) in [6, 6.07) is 15.0. The zero-order valence-corrected chi connectivity index (χ0v) is 18.5. The number of anilines is 1. The topological polar surface area (TPSA) is 78.1 Å². The number of pyridine rings is 2. The van der Waals surface area contributed by atoms with E-state index >= 15 is 0 Å². The van der Waals surface area contributed by atoms with Crippen LogP contribution in [0, 0.1) is 6.92 Å². The van der Waals surface area contributed by atoms with Gasteiger partial charge >= 0.3 is 0 Å². The Morgan fingerprint density at radius 2 is 1.84 bits per heavy atom. The van der Waals surface area contributed by atoms with E-state index in [4.69, 9.17) is 0 Å². The van der Waals surface area contributed by atoms with Gasteiger partial charge in [-0.1, -0.05) is 12.1 Å². The Morgan fingerprint density at radius 1 is 1.06 bits per heavy atom. The van der Waals surface area contributed by atoms with Gasteiger partial charge in [0.15, 0.2) is 5.43 Å². The minimum absolute atomic E-state index is 0.0277. The van der Waals surface area contributed by atoms with Gasteiger partial charge in [-0.25, -0.2) is 4.98 Å². The molecule has 1 fully saturated rings. The van der Waals surface area contributed by atoms with Gasteiger partial charge in [0.25, 0.3) is 5.91 Å². The first-order chi connectivity index (χ1) is 15.3. The smallest absolute Gasteiger partial charge is 0.252 e. The molecule has 1 amide bonds. The summed E-state index contributed by atoms with van der Waals surface area (Å²) >= 11 is 0. The second-order valence-corrected chi connectivity index (χ2v) is 9.03. The summed E-state index contributed by atoms with van der Waals surface area (Å²) in [5.41, 5.74) is 3.12. The number of carbonyl (C=O) groups is 1. The first-order valence-corrected chi connectivity index (χ1v) is 10.9.